The van der Waals surface area contributed by atoms with E-state index >= 15 is 0 Å². The summed E-state index contributed by atoms with van der Waals surface area (Å²) in [5, 5.41) is 0.626. The highest BCUT2D eigenvalue weighted by Crippen LogP contribution is 2.40. The average Bonchev–Trinajstić information content (AvgIpc) is 3.20. The minimum absolute atomic E-state index is 0.135. The molecule has 8 heteroatoms. The van der Waals surface area contributed by atoms with Crippen LogP contribution in [0.15, 0.2) is 47.0 Å². The van der Waals surface area contributed by atoms with Gasteiger partial charge in [-0.2, -0.15) is 0 Å². The molecule has 3 aromatic rings. The van der Waals surface area contributed by atoms with E-state index in [0.717, 1.165) is 5.56 Å². The van der Waals surface area contributed by atoms with Gasteiger partial charge in [0.2, 0.25) is 11.6 Å². The topological polar surface area (TPSA) is 80.0 Å². The van der Waals surface area contributed by atoms with Gasteiger partial charge in [-0.05, 0) is 36.4 Å². The molecule has 0 fully saturated rings. The zero-order chi connectivity index (χ0) is 20.1. The van der Waals surface area contributed by atoms with Crippen LogP contribution in [0.3, 0.4) is 0 Å². The zero-order valence-electron chi connectivity index (χ0n) is 15.5. The molecule has 0 atom stereocenters. The molecule has 28 heavy (non-hydrogen) atoms. The lowest BCUT2D eigenvalue weighted by atomic mass is 10.1. The van der Waals surface area contributed by atoms with Crippen molar-refractivity contribution in [3.8, 4) is 28.6 Å². The highest BCUT2D eigenvalue weighted by Gasteiger charge is 2.22. The largest absolute Gasteiger partial charge is 0.493 e. The molecule has 0 saturated heterocycles. The fraction of sp³-hybridized carbons (Fsp3) is 0.200. The van der Waals surface area contributed by atoms with Gasteiger partial charge in [-0.25, -0.2) is 9.78 Å². The monoisotopic (exact) mass is 403 g/mol. The molecule has 0 spiro atoms. The van der Waals surface area contributed by atoms with Gasteiger partial charge in [0.15, 0.2) is 23.9 Å². The Kier molecular flexibility index (Phi) is 6.06. The highest BCUT2D eigenvalue weighted by atomic mass is 35.5. The quantitative estimate of drug-likeness (QED) is 0.541. The number of esters is 1. The Morgan fingerprint density at radius 3 is 2.36 bits per heavy atom. The lowest BCUT2D eigenvalue weighted by Gasteiger charge is -2.14. The lowest BCUT2D eigenvalue weighted by molar-refractivity contribution is 0.0434. The van der Waals surface area contributed by atoms with Crippen LogP contribution in [-0.4, -0.2) is 32.3 Å². The molecular weight excluding hydrogens is 386 g/mol. The van der Waals surface area contributed by atoms with E-state index in [0.29, 0.717) is 22.3 Å². The SMILES string of the molecule is COc1ccc(C(=O)OCc2ncc(-c3ccc(Cl)cc3)o2)c(OC)c1OC. The summed E-state index contributed by atoms with van der Waals surface area (Å²) in [6.45, 7) is -0.135. The number of benzene rings is 2. The summed E-state index contributed by atoms with van der Waals surface area (Å²) in [6.07, 6.45) is 1.56. The molecule has 1 heterocycles. The molecule has 7 nitrogen and oxygen atoms in total. The molecule has 0 aliphatic carbocycles. The van der Waals surface area contributed by atoms with E-state index in [9.17, 15) is 4.79 Å². The number of ether oxygens (including phenoxy) is 4. The predicted molar refractivity (Wildman–Crippen MR) is 102 cm³/mol. The van der Waals surface area contributed by atoms with Crippen molar-refractivity contribution in [3.63, 3.8) is 0 Å². The van der Waals surface area contributed by atoms with Gasteiger partial charge in [0, 0.05) is 10.6 Å². The van der Waals surface area contributed by atoms with Gasteiger partial charge in [0.05, 0.1) is 27.5 Å². The minimum Gasteiger partial charge on any atom is -0.493 e. The number of hydrogen-bond acceptors (Lipinski definition) is 7. The number of rotatable bonds is 7. The maximum Gasteiger partial charge on any atom is 0.342 e. The summed E-state index contributed by atoms with van der Waals surface area (Å²) in [5.41, 5.74) is 1.01. The first-order valence-electron chi connectivity index (χ1n) is 8.24. The van der Waals surface area contributed by atoms with Gasteiger partial charge in [-0.1, -0.05) is 11.6 Å². The molecular formula is C20H18ClNO6. The van der Waals surface area contributed by atoms with Crippen LogP contribution < -0.4 is 14.2 Å². The van der Waals surface area contributed by atoms with Gasteiger partial charge in [0.25, 0.3) is 0 Å². The first kappa shape index (κ1) is 19.6. The third-order valence-corrected chi connectivity index (χ3v) is 4.19. The third kappa shape index (κ3) is 4.04. The molecule has 0 bridgehead atoms. The van der Waals surface area contributed by atoms with E-state index in [1.54, 1.807) is 24.4 Å². The summed E-state index contributed by atoms with van der Waals surface area (Å²) in [5.74, 6) is 1.17. The molecule has 3 rings (SSSR count). The number of oxazole rings is 1. The van der Waals surface area contributed by atoms with E-state index in [-0.39, 0.29) is 23.8 Å². The molecule has 0 aliphatic heterocycles. The lowest BCUT2D eigenvalue weighted by Crippen LogP contribution is -2.08. The standard InChI is InChI=1S/C20H18ClNO6/c1-24-15-9-8-14(18(25-2)19(15)26-3)20(23)27-11-17-22-10-16(28-17)12-4-6-13(21)7-5-12/h4-10H,11H2,1-3H3. The first-order chi connectivity index (χ1) is 13.6. The fourth-order valence-corrected chi connectivity index (χ4v) is 2.72. The van der Waals surface area contributed by atoms with E-state index in [4.69, 9.17) is 35.0 Å². The van der Waals surface area contributed by atoms with Crippen LogP contribution in [0.1, 0.15) is 16.2 Å². The number of aromatic nitrogens is 1. The van der Waals surface area contributed by atoms with Crippen molar-refractivity contribution < 1.29 is 28.2 Å². The first-order valence-corrected chi connectivity index (χ1v) is 8.62. The fourth-order valence-electron chi connectivity index (χ4n) is 2.59. The normalized spacial score (nSPS) is 10.4. The molecule has 146 valence electrons. The van der Waals surface area contributed by atoms with Crippen LogP contribution in [0.2, 0.25) is 5.02 Å². The zero-order valence-corrected chi connectivity index (χ0v) is 16.3. The van der Waals surface area contributed by atoms with Crippen molar-refractivity contribution in [2.45, 2.75) is 6.61 Å². The second-order valence-corrected chi connectivity index (χ2v) is 6.02. The Balaban J connectivity index is 1.73. The Morgan fingerprint density at radius 2 is 1.71 bits per heavy atom. The van der Waals surface area contributed by atoms with Gasteiger partial charge >= 0.3 is 5.97 Å². The number of nitrogens with zero attached hydrogens (tertiary/aromatic N) is 1. The van der Waals surface area contributed by atoms with E-state index in [1.807, 2.05) is 12.1 Å². The summed E-state index contributed by atoms with van der Waals surface area (Å²) in [7, 11) is 4.39. The number of halogens is 1. The van der Waals surface area contributed by atoms with Crippen LogP contribution in [-0.2, 0) is 11.3 Å². The van der Waals surface area contributed by atoms with Crippen LogP contribution >= 0.6 is 11.6 Å². The predicted octanol–water partition coefficient (Wildman–Crippen LogP) is 4.38. The van der Waals surface area contributed by atoms with Crippen molar-refractivity contribution in [1.29, 1.82) is 0 Å². The van der Waals surface area contributed by atoms with Gasteiger partial charge in [0.1, 0.15) is 5.56 Å². The average molecular weight is 404 g/mol. The Morgan fingerprint density at radius 1 is 1.00 bits per heavy atom. The summed E-state index contributed by atoms with van der Waals surface area (Å²) < 4.78 is 26.7. The Labute approximate surface area is 166 Å². The van der Waals surface area contributed by atoms with Gasteiger partial charge in [-0.15, -0.1) is 0 Å². The smallest absolute Gasteiger partial charge is 0.342 e. The summed E-state index contributed by atoms with van der Waals surface area (Å²) in [4.78, 5) is 16.6. The van der Waals surface area contributed by atoms with Crippen LogP contribution in [0, 0.1) is 0 Å². The van der Waals surface area contributed by atoms with Crippen LogP contribution in [0.4, 0.5) is 0 Å². The molecule has 0 aliphatic rings. The molecule has 0 saturated carbocycles. The second-order valence-electron chi connectivity index (χ2n) is 5.58. The molecule has 0 unspecified atom stereocenters. The van der Waals surface area contributed by atoms with Crippen molar-refractivity contribution >= 4 is 17.6 Å². The van der Waals surface area contributed by atoms with E-state index < -0.39 is 5.97 Å². The molecule has 0 N–H and O–H groups in total. The Bertz CT molecular complexity index is 967. The number of methoxy groups -OCH3 is 3. The Hall–Kier alpha value is -3.19. The second kappa shape index (κ2) is 8.67. The van der Waals surface area contributed by atoms with Crippen LogP contribution in [0.25, 0.3) is 11.3 Å². The van der Waals surface area contributed by atoms with Crippen molar-refractivity contribution in [3.05, 3.63) is 59.1 Å². The van der Waals surface area contributed by atoms with E-state index in [2.05, 4.69) is 4.98 Å². The van der Waals surface area contributed by atoms with Crippen molar-refractivity contribution in [2.75, 3.05) is 21.3 Å². The maximum absolute atomic E-state index is 12.5. The molecule has 0 amide bonds. The van der Waals surface area contributed by atoms with Gasteiger partial charge in [-0.3, -0.25) is 0 Å². The van der Waals surface area contributed by atoms with Crippen LogP contribution in [0.5, 0.6) is 17.2 Å². The summed E-state index contributed by atoms with van der Waals surface area (Å²) in [6, 6.07) is 10.3. The van der Waals surface area contributed by atoms with Crippen molar-refractivity contribution in [2.24, 2.45) is 0 Å². The maximum atomic E-state index is 12.5. The number of hydrogen-bond donors (Lipinski definition) is 0. The molecule has 2 aromatic carbocycles. The minimum atomic E-state index is -0.607. The van der Waals surface area contributed by atoms with E-state index in [1.165, 1.54) is 27.4 Å². The molecule has 1 aromatic heterocycles. The van der Waals surface area contributed by atoms with Gasteiger partial charge < -0.3 is 23.4 Å². The molecule has 0 radical (unpaired) electrons. The summed E-state index contributed by atoms with van der Waals surface area (Å²) >= 11 is 5.88. The highest BCUT2D eigenvalue weighted by molar-refractivity contribution is 6.30. The van der Waals surface area contributed by atoms with Crippen molar-refractivity contribution in [1.82, 2.24) is 4.98 Å². The third-order valence-electron chi connectivity index (χ3n) is 3.93. The number of carbonyl (C=O) groups excluding carboxylic acids is 1. The number of carbonyl (C=O) groups is 1.